The van der Waals surface area contributed by atoms with E-state index in [9.17, 15) is 4.79 Å². The molecule has 0 saturated carbocycles. The van der Waals surface area contributed by atoms with Crippen molar-refractivity contribution in [2.75, 3.05) is 5.43 Å². The molecule has 3 rings (SSSR count). The molecule has 3 aromatic rings. The van der Waals surface area contributed by atoms with Gasteiger partial charge in [0, 0.05) is 5.56 Å². The van der Waals surface area contributed by atoms with Crippen LogP contribution in [0.2, 0.25) is 0 Å². The van der Waals surface area contributed by atoms with Gasteiger partial charge in [0.1, 0.15) is 0 Å². The summed E-state index contributed by atoms with van der Waals surface area (Å²) in [6, 6.07) is 26.7. The number of nitrogens with zero attached hydrogens (tertiary/aromatic N) is 2. The second-order valence-corrected chi connectivity index (χ2v) is 6.26. The molecule has 0 unspecified atom stereocenters. The van der Waals surface area contributed by atoms with Gasteiger partial charge in [-0.25, -0.2) is 5.43 Å². The fraction of sp³-hybridized carbons (Fsp3) is 0.0870. The summed E-state index contributed by atoms with van der Waals surface area (Å²) in [5.74, 6) is -0.275. The number of hydrogen-bond acceptors (Lipinski definition) is 4. The van der Waals surface area contributed by atoms with Crippen LogP contribution in [0.25, 0.3) is 0 Å². The molecule has 0 heterocycles. The Bertz CT molecular complexity index is 995. The van der Waals surface area contributed by atoms with Crippen LogP contribution in [0.5, 0.6) is 0 Å². The second kappa shape index (κ2) is 9.28. The lowest BCUT2D eigenvalue weighted by atomic mass is 10.1. The van der Waals surface area contributed by atoms with Crippen molar-refractivity contribution in [2.24, 2.45) is 10.2 Å². The first kappa shape index (κ1) is 19.0. The van der Waals surface area contributed by atoms with E-state index >= 15 is 0 Å². The minimum atomic E-state index is -0.275. The average molecular weight is 370 g/mol. The minimum absolute atomic E-state index is 0.275. The SMILES string of the molecule is C/C(=N/NC(=O)c1cccc(N/N=C(/C)c2ccccc2)c1)c1ccccc1. The Morgan fingerprint density at radius 3 is 1.82 bits per heavy atom. The van der Waals surface area contributed by atoms with Crippen LogP contribution in [0.4, 0.5) is 5.69 Å². The zero-order chi connectivity index (χ0) is 19.8. The molecule has 140 valence electrons. The summed E-state index contributed by atoms with van der Waals surface area (Å²) in [6.07, 6.45) is 0. The Kier molecular flexibility index (Phi) is 6.31. The lowest BCUT2D eigenvalue weighted by Gasteiger charge is -2.06. The molecule has 1 amide bonds. The molecule has 0 bridgehead atoms. The molecule has 0 radical (unpaired) electrons. The van der Waals surface area contributed by atoms with Crippen molar-refractivity contribution in [3.8, 4) is 0 Å². The quantitative estimate of drug-likeness (QED) is 0.489. The van der Waals surface area contributed by atoms with E-state index < -0.39 is 0 Å². The number of anilines is 1. The van der Waals surface area contributed by atoms with Crippen LogP contribution >= 0.6 is 0 Å². The van der Waals surface area contributed by atoms with Gasteiger partial charge in [-0.05, 0) is 43.2 Å². The van der Waals surface area contributed by atoms with E-state index in [1.165, 1.54) is 0 Å². The van der Waals surface area contributed by atoms with Crippen LogP contribution in [-0.4, -0.2) is 17.3 Å². The highest BCUT2D eigenvalue weighted by atomic mass is 16.2. The maximum Gasteiger partial charge on any atom is 0.271 e. The van der Waals surface area contributed by atoms with Gasteiger partial charge in [-0.1, -0.05) is 66.7 Å². The minimum Gasteiger partial charge on any atom is -0.278 e. The molecule has 0 aliphatic rings. The van der Waals surface area contributed by atoms with Gasteiger partial charge in [0.2, 0.25) is 0 Å². The number of benzene rings is 3. The monoisotopic (exact) mass is 370 g/mol. The molecule has 5 nitrogen and oxygen atoms in total. The summed E-state index contributed by atoms with van der Waals surface area (Å²) in [4.78, 5) is 12.4. The summed E-state index contributed by atoms with van der Waals surface area (Å²) >= 11 is 0. The summed E-state index contributed by atoms with van der Waals surface area (Å²) < 4.78 is 0. The largest absolute Gasteiger partial charge is 0.278 e. The molecule has 0 saturated heterocycles. The number of hydrogen-bond donors (Lipinski definition) is 2. The van der Waals surface area contributed by atoms with E-state index in [1.807, 2.05) is 80.6 Å². The van der Waals surface area contributed by atoms with E-state index in [2.05, 4.69) is 21.1 Å². The predicted octanol–water partition coefficient (Wildman–Crippen LogP) is 4.68. The summed E-state index contributed by atoms with van der Waals surface area (Å²) in [6.45, 7) is 3.79. The maximum atomic E-state index is 12.4. The molecular formula is C23H22N4O. The van der Waals surface area contributed by atoms with Gasteiger partial charge < -0.3 is 0 Å². The number of rotatable bonds is 6. The number of hydrazone groups is 2. The van der Waals surface area contributed by atoms with Gasteiger partial charge >= 0.3 is 0 Å². The highest BCUT2D eigenvalue weighted by Crippen LogP contribution is 2.12. The van der Waals surface area contributed by atoms with Crippen LogP contribution < -0.4 is 10.9 Å². The first-order chi connectivity index (χ1) is 13.6. The van der Waals surface area contributed by atoms with Gasteiger partial charge in [-0.2, -0.15) is 10.2 Å². The summed E-state index contributed by atoms with van der Waals surface area (Å²) in [5, 5.41) is 8.57. The maximum absolute atomic E-state index is 12.4. The van der Waals surface area contributed by atoms with Crippen LogP contribution in [0, 0.1) is 0 Å². The smallest absolute Gasteiger partial charge is 0.271 e. The number of amides is 1. The van der Waals surface area contributed by atoms with E-state index in [-0.39, 0.29) is 5.91 Å². The molecule has 28 heavy (non-hydrogen) atoms. The molecule has 0 atom stereocenters. The number of nitrogens with one attached hydrogen (secondary N) is 2. The van der Waals surface area contributed by atoms with Crippen molar-refractivity contribution in [1.29, 1.82) is 0 Å². The van der Waals surface area contributed by atoms with Crippen LogP contribution in [0.15, 0.2) is 95.1 Å². The van der Waals surface area contributed by atoms with Crippen LogP contribution in [0.1, 0.15) is 35.3 Å². The Hall–Kier alpha value is -3.73. The molecule has 3 aromatic carbocycles. The van der Waals surface area contributed by atoms with Gasteiger partial charge in [-0.3, -0.25) is 10.2 Å². The van der Waals surface area contributed by atoms with E-state index in [4.69, 9.17) is 0 Å². The average Bonchev–Trinajstić information content (AvgIpc) is 2.77. The van der Waals surface area contributed by atoms with Crippen molar-refractivity contribution in [1.82, 2.24) is 5.43 Å². The summed E-state index contributed by atoms with van der Waals surface area (Å²) in [7, 11) is 0. The third-order valence-electron chi connectivity index (χ3n) is 4.19. The predicted molar refractivity (Wildman–Crippen MR) is 115 cm³/mol. The van der Waals surface area contributed by atoms with Crippen molar-refractivity contribution in [3.05, 3.63) is 102 Å². The highest BCUT2D eigenvalue weighted by Gasteiger charge is 2.06. The topological polar surface area (TPSA) is 65.8 Å². The first-order valence-corrected chi connectivity index (χ1v) is 8.99. The lowest BCUT2D eigenvalue weighted by Crippen LogP contribution is -2.19. The van der Waals surface area contributed by atoms with E-state index in [0.29, 0.717) is 5.56 Å². The fourth-order valence-corrected chi connectivity index (χ4v) is 2.57. The van der Waals surface area contributed by atoms with Crippen molar-refractivity contribution >= 4 is 23.0 Å². The molecule has 5 heteroatoms. The highest BCUT2D eigenvalue weighted by molar-refractivity contribution is 6.01. The van der Waals surface area contributed by atoms with Gasteiger partial charge in [-0.15, -0.1) is 0 Å². The van der Waals surface area contributed by atoms with Gasteiger partial charge in [0.05, 0.1) is 17.1 Å². The summed E-state index contributed by atoms with van der Waals surface area (Å²) in [5.41, 5.74) is 10.4. The van der Waals surface area contributed by atoms with Crippen LogP contribution in [0.3, 0.4) is 0 Å². The zero-order valence-corrected chi connectivity index (χ0v) is 15.9. The standard InChI is InChI=1S/C23H22N4O/c1-17(19-10-5-3-6-11-19)24-26-22-15-9-14-21(16-22)23(28)27-25-18(2)20-12-7-4-8-13-20/h3-16,26H,1-2H3,(H,27,28)/b24-17-,25-18-. The Morgan fingerprint density at radius 1 is 0.679 bits per heavy atom. The molecular weight excluding hydrogens is 348 g/mol. The molecule has 0 aliphatic carbocycles. The van der Waals surface area contributed by atoms with Crippen LogP contribution in [-0.2, 0) is 0 Å². The van der Waals surface area contributed by atoms with Gasteiger partial charge in [0.15, 0.2) is 0 Å². The van der Waals surface area contributed by atoms with Gasteiger partial charge in [0.25, 0.3) is 5.91 Å². The van der Waals surface area contributed by atoms with E-state index in [0.717, 1.165) is 28.2 Å². The van der Waals surface area contributed by atoms with Crippen molar-refractivity contribution < 1.29 is 4.79 Å². The Labute approximate surface area is 164 Å². The van der Waals surface area contributed by atoms with E-state index in [1.54, 1.807) is 18.2 Å². The third kappa shape index (κ3) is 5.14. The molecule has 0 aromatic heterocycles. The first-order valence-electron chi connectivity index (χ1n) is 8.99. The zero-order valence-electron chi connectivity index (χ0n) is 15.9. The lowest BCUT2D eigenvalue weighted by molar-refractivity contribution is 0.0955. The Balaban J connectivity index is 1.66. The molecule has 2 N–H and O–H groups in total. The third-order valence-corrected chi connectivity index (χ3v) is 4.19. The number of carbonyl (C=O) groups is 1. The fourth-order valence-electron chi connectivity index (χ4n) is 2.57. The molecule has 0 aliphatic heterocycles. The van der Waals surface area contributed by atoms with Crippen molar-refractivity contribution in [2.45, 2.75) is 13.8 Å². The molecule has 0 spiro atoms. The molecule has 0 fully saturated rings. The second-order valence-electron chi connectivity index (χ2n) is 6.26. The normalized spacial score (nSPS) is 11.8. The van der Waals surface area contributed by atoms with Crippen molar-refractivity contribution in [3.63, 3.8) is 0 Å². The Morgan fingerprint density at radius 2 is 1.21 bits per heavy atom. The number of carbonyl (C=O) groups excluding carboxylic acids is 1.